The van der Waals surface area contributed by atoms with Crippen LogP contribution in [0.4, 0.5) is 5.69 Å². The van der Waals surface area contributed by atoms with Crippen LogP contribution in [0, 0.1) is 0 Å². The summed E-state index contributed by atoms with van der Waals surface area (Å²) in [6, 6.07) is 19.0. The molecule has 0 aliphatic heterocycles. The molecule has 28 heavy (non-hydrogen) atoms. The Hall–Kier alpha value is -2.92. The Balaban J connectivity index is 1.67. The van der Waals surface area contributed by atoms with Gasteiger partial charge in [0.15, 0.2) is 0 Å². The number of benzene rings is 2. The lowest BCUT2D eigenvalue weighted by Gasteiger charge is -2.18. The van der Waals surface area contributed by atoms with E-state index >= 15 is 0 Å². The number of anilines is 1. The van der Waals surface area contributed by atoms with Crippen LogP contribution >= 0.6 is 11.3 Å². The van der Waals surface area contributed by atoms with Gasteiger partial charge in [-0.15, -0.1) is 11.3 Å². The van der Waals surface area contributed by atoms with Gasteiger partial charge < -0.3 is 10.2 Å². The third kappa shape index (κ3) is 4.87. The fourth-order valence-corrected chi connectivity index (χ4v) is 3.52. The summed E-state index contributed by atoms with van der Waals surface area (Å²) in [7, 11) is 1.79. The molecule has 1 heterocycles. The SMILES string of the molecule is CC(C)c1ccc(CN(C)C(=O)c2cccc(NC(=O)c3cccs3)c2)cc1. The van der Waals surface area contributed by atoms with E-state index in [1.165, 1.54) is 16.9 Å². The number of hydrogen-bond acceptors (Lipinski definition) is 3. The van der Waals surface area contributed by atoms with Crippen LogP contribution in [0.1, 0.15) is 50.9 Å². The van der Waals surface area contributed by atoms with E-state index in [4.69, 9.17) is 0 Å². The molecule has 1 N–H and O–H groups in total. The molecule has 3 aromatic rings. The van der Waals surface area contributed by atoms with Crippen molar-refractivity contribution in [2.75, 3.05) is 12.4 Å². The molecule has 0 radical (unpaired) electrons. The summed E-state index contributed by atoms with van der Waals surface area (Å²) in [5.74, 6) is 0.235. The molecule has 0 fully saturated rings. The highest BCUT2D eigenvalue weighted by molar-refractivity contribution is 7.12. The predicted octanol–water partition coefficient (Wildman–Crippen LogP) is 5.40. The van der Waals surface area contributed by atoms with Gasteiger partial charge in [0.05, 0.1) is 4.88 Å². The molecule has 0 saturated heterocycles. The maximum Gasteiger partial charge on any atom is 0.265 e. The third-order valence-corrected chi connectivity index (χ3v) is 5.39. The van der Waals surface area contributed by atoms with Crippen LogP contribution in [0.5, 0.6) is 0 Å². The summed E-state index contributed by atoms with van der Waals surface area (Å²) in [6.45, 7) is 4.85. The molecule has 2 amide bonds. The summed E-state index contributed by atoms with van der Waals surface area (Å²) >= 11 is 1.38. The fraction of sp³-hybridized carbons (Fsp3) is 0.217. The van der Waals surface area contributed by atoms with Gasteiger partial charge in [0.1, 0.15) is 0 Å². The van der Waals surface area contributed by atoms with Crippen LogP contribution in [-0.4, -0.2) is 23.8 Å². The van der Waals surface area contributed by atoms with Gasteiger partial charge in [-0.3, -0.25) is 9.59 Å². The second-order valence-electron chi connectivity index (χ2n) is 7.07. The second-order valence-corrected chi connectivity index (χ2v) is 8.02. The van der Waals surface area contributed by atoms with E-state index in [1.807, 2.05) is 11.4 Å². The third-order valence-electron chi connectivity index (χ3n) is 4.53. The zero-order valence-electron chi connectivity index (χ0n) is 16.3. The Labute approximate surface area is 169 Å². The summed E-state index contributed by atoms with van der Waals surface area (Å²) in [5.41, 5.74) is 3.53. The Morgan fingerprint density at radius 3 is 2.43 bits per heavy atom. The largest absolute Gasteiger partial charge is 0.337 e. The zero-order valence-corrected chi connectivity index (χ0v) is 17.1. The number of carbonyl (C=O) groups excluding carboxylic acids is 2. The Kier molecular flexibility index (Phi) is 6.26. The molecule has 1 aromatic heterocycles. The van der Waals surface area contributed by atoms with Crippen molar-refractivity contribution in [3.05, 3.63) is 87.6 Å². The molecule has 0 aliphatic carbocycles. The van der Waals surface area contributed by atoms with Gasteiger partial charge in [-0.1, -0.05) is 50.2 Å². The van der Waals surface area contributed by atoms with Crippen LogP contribution in [0.25, 0.3) is 0 Å². The lowest BCUT2D eigenvalue weighted by atomic mass is 10.0. The topological polar surface area (TPSA) is 49.4 Å². The van der Waals surface area contributed by atoms with Gasteiger partial charge in [-0.2, -0.15) is 0 Å². The molecule has 144 valence electrons. The molecule has 4 nitrogen and oxygen atoms in total. The van der Waals surface area contributed by atoms with Gasteiger partial charge in [0.2, 0.25) is 0 Å². The molecular weight excluding hydrogens is 368 g/mol. The van der Waals surface area contributed by atoms with Crippen LogP contribution in [0.15, 0.2) is 66.0 Å². The first kappa shape index (κ1) is 19.8. The molecule has 0 saturated carbocycles. The van der Waals surface area contributed by atoms with Gasteiger partial charge in [0, 0.05) is 24.8 Å². The second kappa shape index (κ2) is 8.85. The summed E-state index contributed by atoms with van der Waals surface area (Å²) in [4.78, 5) is 27.3. The van der Waals surface area contributed by atoms with Crippen molar-refractivity contribution in [1.29, 1.82) is 0 Å². The minimum absolute atomic E-state index is 0.0832. The highest BCUT2D eigenvalue weighted by atomic mass is 32.1. The van der Waals surface area contributed by atoms with Gasteiger partial charge in [-0.05, 0) is 46.7 Å². The van der Waals surface area contributed by atoms with E-state index in [9.17, 15) is 9.59 Å². The maximum atomic E-state index is 12.8. The van der Waals surface area contributed by atoms with E-state index in [0.29, 0.717) is 28.6 Å². The smallest absolute Gasteiger partial charge is 0.265 e. The number of rotatable bonds is 6. The lowest BCUT2D eigenvalue weighted by molar-refractivity contribution is 0.0784. The Morgan fingerprint density at radius 1 is 1.04 bits per heavy atom. The molecule has 0 bridgehead atoms. The van der Waals surface area contributed by atoms with Crippen molar-refractivity contribution in [2.45, 2.75) is 26.3 Å². The normalized spacial score (nSPS) is 10.7. The molecule has 3 rings (SSSR count). The lowest BCUT2D eigenvalue weighted by Crippen LogP contribution is -2.26. The Bertz CT molecular complexity index is 947. The first-order valence-electron chi connectivity index (χ1n) is 9.23. The highest BCUT2D eigenvalue weighted by Crippen LogP contribution is 2.18. The predicted molar refractivity (Wildman–Crippen MR) is 115 cm³/mol. The minimum atomic E-state index is -0.168. The average molecular weight is 393 g/mol. The molecular formula is C23H24N2O2S. The van der Waals surface area contributed by atoms with Crippen molar-refractivity contribution >= 4 is 28.8 Å². The van der Waals surface area contributed by atoms with E-state index in [2.05, 4.69) is 43.4 Å². The standard InChI is InChI=1S/C23H24N2O2S/c1-16(2)18-11-9-17(10-12-18)15-25(3)23(27)19-6-4-7-20(14-19)24-22(26)21-8-5-13-28-21/h4-14,16H,15H2,1-3H3,(H,24,26). The van der Waals surface area contributed by atoms with Crippen molar-refractivity contribution in [2.24, 2.45) is 0 Å². The number of carbonyl (C=O) groups is 2. The molecule has 5 heteroatoms. The van der Waals surface area contributed by atoms with Crippen LogP contribution in [0.3, 0.4) is 0 Å². The van der Waals surface area contributed by atoms with Gasteiger partial charge in [0.25, 0.3) is 11.8 Å². The first-order chi connectivity index (χ1) is 13.4. The number of hydrogen-bond donors (Lipinski definition) is 1. The van der Waals surface area contributed by atoms with Crippen LogP contribution < -0.4 is 5.32 Å². The van der Waals surface area contributed by atoms with E-state index in [-0.39, 0.29) is 11.8 Å². The number of nitrogens with one attached hydrogen (secondary N) is 1. The van der Waals surface area contributed by atoms with E-state index in [1.54, 1.807) is 42.3 Å². The van der Waals surface area contributed by atoms with E-state index < -0.39 is 0 Å². The molecule has 0 atom stereocenters. The van der Waals surface area contributed by atoms with Crippen molar-refractivity contribution in [3.8, 4) is 0 Å². The number of amides is 2. The quantitative estimate of drug-likeness (QED) is 0.611. The summed E-state index contributed by atoms with van der Waals surface area (Å²) in [6.07, 6.45) is 0. The number of nitrogens with zero attached hydrogens (tertiary/aromatic N) is 1. The molecule has 0 aliphatic rings. The van der Waals surface area contributed by atoms with Gasteiger partial charge in [-0.25, -0.2) is 0 Å². The average Bonchev–Trinajstić information content (AvgIpc) is 3.23. The Morgan fingerprint density at radius 2 is 1.79 bits per heavy atom. The van der Waals surface area contributed by atoms with E-state index in [0.717, 1.165) is 5.56 Å². The highest BCUT2D eigenvalue weighted by Gasteiger charge is 2.14. The van der Waals surface area contributed by atoms with Crippen molar-refractivity contribution in [3.63, 3.8) is 0 Å². The molecule has 0 unspecified atom stereocenters. The zero-order chi connectivity index (χ0) is 20.1. The van der Waals surface area contributed by atoms with Gasteiger partial charge >= 0.3 is 0 Å². The molecule has 0 spiro atoms. The summed E-state index contributed by atoms with van der Waals surface area (Å²) in [5, 5.41) is 4.70. The van der Waals surface area contributed by atoms with Crippen LogP contribution in [0.2, 0.25) is 0 Å². The maximum absolute atomic E-state index is 12.8. The minimum Gasteiger partial charge on any atom is -0.337 e. The summed E-state index contributed by atoms with van der Waals surface area (Å²) < 4.78 is 0. The first-order valence-corrected chi connectivity index (χ1v) is 10.1. The van der Waals surface area contributed by atoms with Crippen molar-refractivity contribution < 1.29 is 9.59 Å². The monoisotopic (exact) mass is 392 g/mol. The molecule has 2 aromatic carbocycles. The number of thiophene rings is 1. The van der Waals surface area contributed by atoms with Crippen molar-refractivity contribution in [1.82, 2.24) is 4.90 Å². The van der Waals surface area contributed by atoms with Crippen LogP contribution in [-0.2, 0) is 6.54 Å². The fourth-order valence-electron chi connectivity index (χ4n) is 2.90.